The standard InChI is InChI=1S/C12H14O4/c1-7(2)12(11(14)15)6-8-5-9(13)3-4-10(8)16-12/h3-5,7,13H,6H2,1-2H3,(H,14,15)/t12-/m1/s1. The minimum absolute atomic E-state index is 0.132. The number of hydrogen-bond donors (Lipinski definition) is 2. The predicted octanol–water partition coefficient (Wildman–Crippen LogP) is 1.81. The van der Waals surface area contributed by atoms with E-state index in [1.807, 2.05) is 13.8 Å². The van der Waals surface area contributed by atoms with Crippen molar-refractivity contribution in [3.8, 4) is 11.5 Å². The number of fused-ring (bicyclic) bond motifs is 1. The van der Waals surface area contributed by atoms with Gasteiger partial charge in [0, 0.05) is 17.9 Å². The zero-order valence-electron chi connectivity index (χ0n) is 9.23. The van der Waals surface area contributed by atoms with Crippen molar-refractivity contribution in [2.45, 2.75) is 25.9 Å². The van der Waals surface area contributed by atoms with Crippen molar-refractivity contribution >= 4 is 5.97 Å². The fourth-order valence-electron chi connectivity index (χ4n) is 2.01. The van der Waals surface area contributed by atoms with E-state index in [1.54, 1.807) is 12.1 Å². The summed E-state index contributed by atoms with van der Waals surface area (Å²) in [5, 5.41) is 18.6. The second-order valence-electron chi connectivity index (χ2n) is 4.42. The Kier molecular flexibility index (Phi) is 2.30. The fraction of sp³-hybridized carbons (Fsp3) is 0.417. The van der Waals surface area contributed by atoms with Crippen molar-refractivity contribution in [3.63, 3.8) is 0 Å². The van der Waals surface area contributed by atoms with Gasteiger partial charge in [0.1, 0.15) is 11.5 Å². The highest BCUT2D eigenvalue weighted by Gasteiger charge is 2.49. The van der Waals surface area contributed by atoms with E-state index in [0.717, 1.165) is 5.56 Å². The smallest absolute Gasteiger partial charge is 0.348 e. The second kappa shape index (κ2) is 3.40. The quantitative estimate of drug-likeness (QED) is 0.800. The molecule has 0 fully saturated rings. The molecule has 0 saturated heterocycles. The molecule has 1 aromatic rings. The summed E-state index contributed by atoms with van der Waals surface area (Å²) < 4.78 is 5.56. The number of carboxylic acid groups (broad SMARTS) is 1. The number of carboxylic acids is 1. The molecule has 4 heteroatoms. The van der Waals surface area contributed by atoms with Gasteiger partial charge in [0.05, 0.1) is 0 Å². The third-order valence-corrected chi connectivity index (χ3v) is 3.08. The molecule has 1 atom stereocenters. The lowest BCUT2D eigenvalue weighted by Crippen LogP contribution is -2.48. The summed E-state index contributed by atoms with van der Waals surface area (Å²) in [6.07, 6.45) is 0.295. The first kappa shape index (κ1) is 10.8. The molecule has 0 bridgehead atoms. The highest BCUT2D eigenvalue weighted by atomic mass is 16.5. The van der Waals surface area contributed by atoms with Crippen LogP contribution in [0.4, 0.5) is 0 Å². The Labute approximate surface area is 93.5 Å². The molecular formula is C12H14O4. The largest absolute Gasteiger partial charge is 0.508 e. The van der Waals surface area contributed by atoms with Gasteiger partial charge >= 0.3 is 5.97 Å². The van der Waals surface area contributed by atoms with E-state index in [-0.39, 0.29) is 11.7 Å². The maximum absolute atomic E-state index is 11.3. The van der Waals surface area contributed by atoms with Crippen LogP contribution in [0, 0.1) is 5.92 Å². The molecule has 1 aromatic carbocycles. The number of aliphatic carboxylic acids is 1. The highest BCUT2D eigenvalue weighted by molar-refractivity contribution is 5.80. The van der Waals surface area contributed by atoms with Gasteiger partial charge in [-0.15, -0.1) is 0 Å². The molecule has 0 aromatic heterocycles. The summed E-state index contributed by atoms with van der Waals surface area (Å²) in [5.74, 6) is -0.418. The normalized spacial score (nSPS) is 22.9. The van der Waals surface area contributed by atoms with Crippen LogP contribution in [0.15, 0.2) is 18.2 Å². The number of aromatic hydroxyl groups is 1. The molecule has 1 heterocycles. The molecule has 1 aliphatic rings. The monoisotopic (exact) mass is 222 g/mol. The Morgan fingerprint density at radius 2 is 2.19 bits per heavy atom. The molecule has 4 nitrogen and oxygen atoms in total. The van der Waals surface area contributed by atoms with Crippen molar-refractivity contribution in [3.05, 3.63) is 23.8 Å². The van der Waals surface area contributed by atoms with E-state index in [1.165, 1.54) is 6.07 Å². The number of benzene rings is 1. The molecular weight excluding hydrogens is 208 g/mol. The third kappa shape index (κ3) is 1.41. The molecule has 0 radical (unpaired) electrons. The van der Waals surface area contributed by atoms with Crippen LogP contribution in [0.5, 0.6) is 11.5 Å². The van der Waals surface area contributed by atoms with E-state index >= 15 is 0 Å². The van der Waals surface area contributed by atoms with Gasteiger partial charge in [0.2, 0.25) is 5.60 Å². The summed E-state index contributed by atoms with van der Waals surface area (Å²) in [7, 11) is 0. The van der Waals surface area contributed by atoms with Crippen LogP contribution in [0.2, 0.25) is 0 Å². The number of rotatable bonds is 2. The maximum atomic E-state index is 11.3. The van der Waals surface area contributed by atoms with Crippen LogP contribution in [0.1, 0.15) is 19.4 Å². The van der Waals surface area contributed by atoms with Crippen molar-refractivity contribution < 1.29 is 19.7 Å². The Hall–Kier alpha value is -1.71. The lowest BCUT2D eigenvalue weighted by atomic mass is 9.86. The molecule has 2 N–H and O–H groups in total. The van der Waals surface area contributed by atoms with E-state index in [9.17, 15) is 15.0 Å². The summed E-state index contributed by atoms with van der Waals surface area (Å²) >= 11 is 0. The molecule has 0 spiro atoms. The lowest BCUT2D eigenvalue weighted by Gasteiger charge is -2.27. The number of carbonyl (C=O) groups is 1. The Bertz CT molecular complexity index is 439. The summed E-state index contributed by atoms with van der Waals surface area (Å²) in [4.78, 5) is 11.3. The molecule has 1 aliphatic heterocycles. The van der Waals surface area contributed by atoms with Crippen LogP contribution >= 0.6 is 0 Å². The van der Waals surface area contributed by atoms with Crippen molar-refractivity contribution in [1.29, 1.82) is 0 Å². The third-order valence-electron chi connectivity index (χ3n) is 3.08. The van der Waals surface area contributed by atoms with Crippen molar-refractivity contribution in [2.75, 3.05) is 0 Å². The van der Waals surface area contributed by atoms with Gasteiger partial charge in [-0.2, -0.15) is 0 Å². The van der Waals surface area contributed by atoms with Crippen LogP contribution < -0.4 is 4.74 Å². The van der Waals surface area contributed by atoms with E-state index < -0.39 is 11.6 Å². The van der Waals surface area contributed by atoms with Gasteiger partial charge in [-0.25, -0.2) is 4.79 Å². The highest BCUT2D eigenvalue weighted by Crippen LogP contribution is 2.40. The maximum Gasteiger partial charge on any atom is 0.348 e. The van der Waals surface area contributed by atoms with Crippen LogP contribution in [-0.2, 0) is 11.2 Å². The number of phenols is 1. The van der Waals surface area contributed by atoms with Gasteiger partial charge in [0.25, 0.3) is 0 Å². The number of phenolic OH excluding ortho intramolecular Hbond substituents is 1. The first-order valence-corrected chi connectivity index (χ1v) is 5.20. The fourth-order valence-corrected chi connectivity index (χ4v) is 2.01. The average Bonchev–Trinajstić information content (AvgIpc) is 2.57. The average molecular weight is 222 g/mol. The van der Waals surface area contributed by atoms with E-state index in [4.69, 9.17) is 4.74 Å². The zero-order chi connectivity index (χ0) is 11.9. The number of hydrogen-bond acceptors (Lipinski definition) is 3. The van der Waals surface area contributed by atoms with Crippen LogP contribution in [0.3, 0.4) is 0 Å². The van der Waals surface area contributed by atoms with Gasteiger partial charge in [0.15, 0.2) is 0 Å². The molecule has 86 valence electrons. The SMILES string of the molecule is CC(C)[C@@]1(C(=O)O)Cc2cc(O)ccc2O1. The molecule has 16 heavy (non-hydrogen) atoms. The topological polar surface area (TPSA) is 66.8 Å². The van der Waals surface area contributed by atoms with Gasteiger partial charge in [-0.3, -0.25) is 0 Å². The molecule has 0 aliphatic carbocycles. The van der Waals surface area contributed by atoms with Crippen molar-refractivity contribution in [2.24, 2.45) is 5.92 Å². The van der Waals surface area contributed by atoms with Gasteiger partial charge in [-0.05, 0) is 18.2 Å². The Morgan fingerprint density at radius 3 is 2.75 bits per heavy atom. The zero-order valence-corrected chi connectivity index (χ0v) is 9.23. The Balaban J connectivity index is 2.42. The molecule has 0 saturated carbocycles. The van der Waals surface area contributed by atoms with Gasteiger partial charge in [-0.1, -0.05) is 13.8 Å². The summed E-state index contributed by atoms with van der Waals surface area (Å²) in [6, 6.07) is 4.66. The minimum atomic E-state index is -1.20. The second-order valence-corrected chi connectivity index (χ2v) is 4.42. The first-order valence-electron chi connectivity index (χ1n) is 5.20. The van der Waals surface area contributed by atoms with Crippen molar-refractivity contribution in [1.82, 2.24) is 0 Å². The summed E-state index contributed by atoms with van der Waals surface area (Å²) in [6.45, 7) is 3.64. The first-order chi connectivity index (χ1) is 7.45. The van der Waals surface area contributed by atoms with Gasteiger partial charge < -0.3 is 14.9 Å². The molecule has 0 amide bonds. The summed E-state index contributed by atoms with van der Waals surface area (Å²) in [5.41, 5.74) is -0.452. The minimum Gasteiger partial charge on any atom is -0.508 e. The predicted molar refractivity (Wildman–Crippen MR) is 57.6 cm³/mol. The van der Waals surface area contributed by atoms with E-state index in [0.29, 0.717) is 12.2 Å². The molecule has 2 rings (SSSR count). The van der Waals surface area contributed by atoms with E-state index in [2.05, 4.69) is 0 Å². The molecule has 0 unspecified atom stereocenters. The number of ether oxygens (including phenoxy) is 1. The van der Waals surface area contributed by atoms with Crippen LogP contribution in [0.25, 0.3) is 0 Å². The Morgan fingerprint density at radius 1 is 1.50 bits per heavy atom. The lowest BCUT2D eigenvalue weighted by molar-refractivity contribution is -0.157. The van der Waals surface area contributed by atoms with Crippen LogP contribution in [-0.4, -0.2) is 21.8 Å².